The molecule has 0 bridgehead atoms. The SMILES string of the molecule is CC1CSCC1N[C@@H]1COC[C@H]1O. The predicted octanol–water partition coefficient (Wildman–Crippen LogP) is 0.0872. The molecular weight excluding hydrogens is 186 g/mol. The average Bonchev–Trinajstić information content (AvgIpc) is 2.65. The van der Waals surface area contributed by atoms with Crippen LogP contribution in [0.5, 0.6) is 0 Å². The van der Waals surface area contributed by atoms with Crippen LogP contribution in [0, 0.1) is 5.92 Å². The molecule has 2 aliphatic heterocycles. The van der Waals surface area contributed by atoms with Gasteiger partial charge in [0.25, 0.3) is 0 Å². The van der Waals surface area contributed by atoms with Gasteiger partial charge in [0.2, 0.25) is 0 Å². The maximum atomic E-state index is 9.54. The van der Waals surface area contributed by atoms with Gasteiger partial charge in [-0.2, -0.15) is 11.8 Å². The quantitative estimate of drug-likeness (QED) is 0.667. The van der Waals surface area contributed by atoms with Gasteiger partial charge >= 0.3 is 0 Å². The molecule has 0 aromatic carbocycles. The number of thioether (sulfide) groups is 1. The predicted molar refractivity (Wildman–Crippen MR) is 54.0 cm³/mol. The number of rotatable bonds is 2. The summed E-state index contributed by atoms with van der Waals surface area (Å²) in [6.07, 6.45) is -0.308. The first-order chi connectivity index (χ1) is 6.27. The van der Waals surface area contributed by atoms with Crippen molar-refractivity contribution in [2.75, 3.05) is 24.7 Å². The average molecular weight is 203 g/mol. The Balaban J connectivity index is 1.82. The van der Waals surface area contributed by atoms with E-state index in [2.05, 4.69) is 12.2 Å². The summed E-state index contributed by atoms with van der Waals surface area (Å²) < 4.78 is 5.20. The van der Waals surface area contributed by atoms with E-state index < -0.39 is 0 Å². The van der Waals surface area contributed by atoms with E-state index in [0.717, 1.165) is 5.92 Å². The minimum Gasteiger partial charge on any atom is -0.389 e. The largest absolute Gasteiger partial charge is 0.389 e. The summed E-state index contributed by atoms with van der Waals surface area (Å²) in [6.45, 7) is 3.42. The van der Waals surface area contributed by atoms with Crippen LogP contribution in [-0.4, -0.2) is 48.0 Å². The molecule has 2 saturated heterocycles. The Kier molecular flexibility index (Phi) is 3.14. The Morgan fingerprint density at radius 2 is 2.15 bits per heavy atom. The lowest BCUT2D eigenvalue weighted by Gasteiger charge is -2.22. The molecule has 0 amide bonds. The minimum atomic E-state index is -0.308. The number of aliphatic hydroxyl groups excluding tert-OH is 1. The summed E-state index contributed by atoms with van der Waals surface area (Å²) >= 11 is 1.99. The third-order valence-electron chi connectivity index (χ3n) is 2.84. The van der Waals surface area contributed by atoms with Crippen LogP contribution < -0.4 is 5.32 Å². The summed E-state index contributed by atoms with van der Waals surface area (Å²) in [5.74, 6) is 3.13. The second kappa shape index (κ2) is 4.17. The van der Waals surface area contributed by atoms with E-state index in [9.17, 15) is 5.11 Å². The van der Waals surface area contributed by atoms with Gasteiger partial charge in [0.1, 0.15) is 0 Å². The fourth-order valence-corrected chi connectivity index (χ4v) is 3.27. The third-order valence-corrected chi connectivity index (χ3v) is 4.20. The van der Waals surface area contributed by atoms with Gasteiger partial charge in [0.05, 0.1) is 25.4 Å². The summed E-state index contributed by atoms with van der Waals surface area (Å²) in [7, 11) is 0. The molecule has 0 aromatic rings. The molecule has 0 aromatic heterocycles. The zero-order chi connectivity index (χ0) is 9.26. The van der Waals surface area contributed by atoms with Crippen molar-refractivity contribution in [2.45, 2.75) is 25.1 Å². The first-order valence-electron chi connectivity index (χ1n) is 4.87. The molecule has 13 heavy (non-hydrogen) atoms. The second-order valence-electron chi connectivity index (χ2n) is 4.00. The molecule has 2 fully saturated rings. The van der Waals surface area contributed by atoms with Crippen molar-refractivity contribution >= 4 is 11.8 Å². The normalized spacial score (nSPS) is 45.7. The Labute approximate surface area is 83.2 Å². The molecule has 0 spiro atoms. The van der Waals surface area contributed by atoms with Gasteiger partial charge in [-0.15, -0.1) is 0 Å². The van der Waals surface area contributed by atoms with Gasteiger partial charge in [-0.1, -0.05) is 6.92 Å². The maximum Gasteiger partial charge on any atom is 0.0948 e. The summed E-state index contributed by atoms with van der Waals surface area (Å²) in [4.78, 5) is 0. The summed E-state index contributed by atoms with van der Waals surface area (Å²) in [5, 5.41) is 13.0. The van der Waals surface area contributed by atoms with E-state index >= 15 is 0 Å². The molecule has 2 unspecified atom stereocenters. The van der Waals surface area contributed by atoms with E-state index in [1.807, 2.05) is 11.8 Å². The lowest BCUT2D eigenvalue weighted by Crippen LogP contribution is -2.47. The molecule has 76 valence electrons. The fraction of sp³-hybridized carbons (Fsp3) is 1.00. The smallest absolute Gasteiger partial charge is 0.0948 e. The van der Waals surface area contributed by atoms with Gasteiger partial charge < -0.3 is 15.2 Å². The van der Waals surface area contributed by atoms with Crippen LogP contribution in [0.15, 0.2) is 0 Å². The van der Waals surface area contributed by atoms with Crippen LogP contribution in [-0.2, 0) is 4.74 Å². The highest BCUT2D eigenvalue weighted by Gasteiger charge is 2.32. The Hall–Kier alpha value is 0.230. The second-order valence-corrected chi connectivity index (χ2v) is 5.07. The fourth-order valence-electron chi connectivity index (χ4n) is 1.85. The molecule has 2 N–H and O–H groups in total. The summed E-state index contributed by atoms with van der Waals surface area (Å²) in [5.41, 5.74) is 0. The van der Waals surface area contributed by atoms with Crippen LogP contribution in [0.2, 0.25) is 0 Å². The zero-order valence-corrected chi connectivity index (χ0v) is 8.72. The molecular formula is C9H17NO2S. The molecule has 0 radical (unpaired) electrons. The number of hydrogen-bond acceptors (Lipinski definition) is 4. The van der Waals surface area contributed by atoms with Crippen molar-refractivity contribution < 1.29 is 9.84 Å². The van der Waals surface area contributed by atoms with Crippen molar-refractivity contribution in [1.29, 1.82) is 0 Å². The van der Waals surface area contributed by atoms with Crippen LogP contribution >= 0.6 is 11.8 Å². The van der Waals surface area contributed by atoms with Crippen molar-refractivity contribution in [3.05, 3.63) is 0 Å². The van der Waals surface area contributed by atoms with Crippen LogP contribution in [0.25, 0.3) is 0 Å². The number of nitrogens with one attached hydrogen (secondary N) is 1. The van der Waals surface area contributed by atoms with Crippen molar-refractivity contribution in [3.63, 3.8) is 0 Å². The minimum absolute atomic E-state index is 0.158. The number of hydrogen-bond donors (Lipinski definition) is 2. The lowest BCUT2D eigenvalue weighted by molar-refractivity contribution is 0.121. The van der Waals surface area contributed by atoms with E-state index in [1.165, 1.54) is 11.5 Å². The first kappa shape index (κ1) is 9.77. The first-order valence-corrected chi connectivity index (χ1v) is 6.02. The molecule has 0 saturated carbocycles. The summed E-state index contributed by atoms with van der Waals surface area (Å²) in [6, 6.07) is 0.720. The Morgan fingerprint density at radius 1 is 1.31 bits per heavy atom. The highest BCUT2D eigenvalue weighted by molar-refractivity contribution is 7.99. The highest BCUT2D eigenvalue weighted by atomic mass is 32.2. The van der Waals surface area contributed by atoms with Crippen molar-refractivity contribution in [2.24, 2.45) is 5.92 Å². The monoisotopic (exact) mass is 203 g/mol. The zero-order valence-electron chi connectivity index (χ0n) is 7.90. The Morgan fingerprint density at radius 3 is 2.69 bits per heavy atom. The highest BCUT2D eigenvalue weighted by Crippen LogP contribution is 2.24. The third kappa shape index (κ3) is 2.18. The van der Waals surface area contributed by atoms with E-state index in [1.54, 1.807) is 0 Å². The molecule has 4 heteroatoms. The van der Waals surface area contributed by atoms with E-state index in [4.69, 9.17) is 4.74 Å². The molecule has 4 atom stereocenters. The molecule has 3 nitrogen and oxygen atoms in total. The van der Waals surface area contributed by atoms with E-state index in [0.29, 0.717) is 19.3 Å². The Bertz CT molecular complexity index is 161. The maximum absolute atomic E-state index is 9.54. The topological polar surface area (TPSA) is 41.5 Å². The van der Waals surface area contributed by atoms with Gasteiger partial charge in [-0.3, -0.25) is 0 Å². The van der Waals surface area contributed by atoms with Crippen LogP contribution in [0.4, 0.5) is 0 Å². The van der Waals surface area contributed by atoms with Crippen molar-refractivity contribution in [1.82, 2.24) is 5.32 Å². The number of aliphatic hydroxyl groups is 1. The molecule has 0 aliphatic carbocycles. The van der Waals surface area contributed by atoms with Gasteiger partial charge in [0, 0.05) is 11.8 Å². The molecule has 2 aliphatic rings. The molecule has 2 rings (SSSR count). The van der Waals surface area contributed by atoms with Gasteiger partial charge in [0.15, 0.2) is 0 Å². The lowest BCUT2D eigenvalue weighted by atomic mass is 10.0. The molecule has 2 heterocycles. The van der Waals surface area contributed by atoms with Gasteiger partial charge in [-0.05, 0) is 11.7 Å². The van der Waals surface area contributed by atoms with Crippen LogP contribution in [0.3, 0.4) is 0 Å². The van der Waals surface area contributed by atoms with Crippen molar-refractivity contribution in [3.8, 4) is 0 Å². The van der Waals surface area contributed by atoms with Crippen LogP contribution in [0.1, 0.15) is 6.92 Å². The standard InChI is InChI=1S/C9H17NO2S/c1-6-4-13-5-8(6)10-7-2-12-3-9(7)11/h6-11H,2-5H2,1H3/t6?,7-,8?,9-/m1/s1. The number of ether oxygens (including phenoxy) is 1. The van der Waals surface area contributed by atoms with E-state index in [-0.39, 0.29) is 12.1 Å². The van der Waals surface area contributed by atoms with Gasteiger partial charge in [-0.25, -0.2) is 0 Å².